The van der Waals surface area contributed by atoms with Crippen molar-refractivity contribution in [2.45, 2.75) is 51.0 Å². The smallest absolute Gasteiger partial charge is 0.489 e. The maximum atomic E-state index is 14.9. The van der Waals surface area contributed by atoms with E-state index in [1.54, 1.807) is 105 Å². The Bertz CT molecular complexity index is 1980. The molecule has 2 heterocycles. The van der Waals surface area contributed by atoms with Gasteiger partial charge in [-0.05, 0) is 55.3 Å². The van der Waals surface area contributed by atoms with E-state index in [1.165, 1.54) is 15.9 Å². The van der Waals surface area contributed by atoms with E-state index >= 15 is 0 Å². The van der Waals surface area contributed by atoms with Crippen LogP contribution in [0, 0.1) is 11.8 Å². The van der Waals surface area contributed by atoms with Gasteiger partial charge in [-0.25, -0.2) is 9.78 Å². The second kappa shape index (κ2) is 15.6. The van der Waals surface area contributed by atoms with Gasteiger partial charge in [0.1, 0.15) is 6.04 Å². The van der Waals surface area contributed by atoms with E-state index in [2.05, 4.69) is 21.6 Å². The summed E-state index contributed by atoms with van der Waals surface area (Å²) < 4.78 is 49.0. The van der Waals surface area contributed by atoms with Crippen molar-refractivity contribution in [2.75, 3.05) is 17.2 Å². The zero-order valence-corrected chi connectivity index (χ0v) is 27.6. The summed E-state index contributed by atoms with van der Waals surface area (Å²) in [7, 11) is 0. The number of nitrogen functional groups attached to an aromatic ring is 1. The number of anilines is 2. The minimum atomic E-state index is -5.43. The van der Waals surface area contributed by atoms with Gasteiger partial charge in [0.15, 0.2) is 11.6 Å². The summed E-state index contributed by atoms with van der Waals surface area (Å²) in [5, 5.41) is 0. The summed E-state index contributed by atoms with van der Waals surface area (Å²) in [5.41, 5.74) is 7.32. The number of pyridine rings is 1. The highest BCUT2D eigenvalue weighted by atomic mass is 19.4. The minimum Gasteiger partial charge on any atom is -0.489 e. The molecule has 0 fully saturated rings. The lowest BCUT2D eigenvalue weighted by atomic mass is 9.95. The van der Waals surface area contributed by atoms with E-state index < -0.39 is 54.5 Å². The third kappa shape index (κ3) is 8.36. The SMILES string of the molecule is CC(C)N1C(=O)C(c2ccccc2)N(C(CC(=O)OC(=O)C(F)(F)F)c2ccccc2)C(=O)c2cc(C#CCCOc3cccnc3N)ccc21. The lowest BCUT2D eigenvalue weighted by molar-refractivity contribution is -0.202. The first-order chi connectivity index (χ1) is 24.4. The number of rotatable bonds is 9. The topological polar surface area (TPSA) is 132 Å². The summed E-state index contributed by atoms with van der Waals surface area (Å²) >= 11 is 0. The largest absolute Gasteiger partial charge is 0.491 e. The van der Waals surface area contributed by atoms with E-state index in [9.17, 15) is 32.3 Å². The fourth-order valence-electron chi connectivity index (χ4n) is 5.73. The number of fused-ring (bicyclic) bond motifs is 1. The number of hydrogen-bond acceptors (Lipinski definition) is 8. The first kappa shape index (κ1) is 36.1. The van der Waals surface area contributed by atoms with Crippen molar-refractivity contribution in [3.63, 3.8) is 0 Å². The number of esters is 2. The molecule has 2 N–H and O–H groups in total. The molecule has 1 aliphatic rings. The third-order valence-corrected chi connectivity index (χ3v) is 7.94. The fraction of sp³-hybridized carbons (Fsp3) is 0.237. The molecule has 3 aromatic carbocycles. The number of amides is 2. The predicted molar refractivity (Wildman–Crippen MR) is 181 cm³/mol. The lowest BCUT2D eigenvalue weighted by Crippen LogP contribution is -2.46. The van der Waals surface area contributed by atoms with E-state index in [0.717, 1.165) is 0 Å². The van der Waals surface area contributed by atoms with E-state index in [4.69, 9.17) is 10.5 Å². The number of ether oxygens (including phenoxy) is 2. The summed E-state index contributed by atoms with van der Waals surface area (Å²) in [6.45, 7) is 3.77. The summed E-state index contributed by atoms with van der Waals surface area (Å²) in [4.78, 5) is 60.8. The Hall–Kier alpha value is -6.16. The molecule has 51 heavy (non-hydrogen) atoms. The molecule has 10 nitrogen and oxygen atoms in total. The van der Waals surface area contributed by atoms with Crippen LogP contribution in [0.3, 0.4) is 0 Å². The van der Waals surface area contributed by atoms with Gasteiger partial charge in [0.25, 0.3) is 11.8 Å². The zero-order valence-electron chi connectivity index (χ0n) is 27.6. The Kier molecular flexibility index (Phi) is 11.0. The molecule has 1 aliphatic heterocycles. The van der Waals surface area contributed by atoms with Crippen LogP contribution in [-0.2, 0) is 19.1 Å². The van der Waals surface area contributed by atoms with Crippen molar-refractivity contribution in [3.8, 4) is 17.6 Å². The van der Waals surface area contributed by atoms with Crippen LogP contribution in [0.15, 0.2) is 97.2 Å². The average molecular weight is 699 g/mol. The molecule has 1 aromatic heterocycles. The van der Waals surface area contributed by atoms with Crippen LogP contribution in [0.2, 0.25) is 0 Å². The number of carbonyl (C=O) groups is 4. The van der Waals surface area contributed by atoms with Crippen molar-refractivity contribution in [2.24, 2.45) is 0 Å². The number of benzene rings is 3. The quantitative estimate of drug-likeness (QED) is 0.0948. The Morgan fingerprint density at radius 3 is 2.29 bits per heavy atom. The molecule has 2 atom stereocenters. The predicted octanol–water partition coefficient (Wildman–Crippen LogP) is 6.19. The highest BCUT2D eigenvalue weighted by Crippen LogP contribution is 2.42. The van der Waals surface area contributed by atoms with E-state index in [1.807, 2.05) is 0 Å². The minimum absolute atomic E-state index is 0.0716. The standard InChI is InChI=1S/C38H33F3N4O6/c1-24(2)44-29-19-18-25(12-9-10-21-50-31-17-11-20-43-34(31)42)22-28(29)35(47)45(33(36(44)48)27-15-7-4-8-16-27)30(26-13-5-3-6-14-26)23-32(46)51-37(49)38(39,40)41/h3-8,11,13-20,22,24,30,33H,10,21,23H2,1-2H3,(H2,42,43). The molecular formula is C38H33F3N4O6. The van der Waals surface area contributed by atoms with Gasteiger partial charge in [-0.1, -0.05) is 72.5 Å². The second-order valence-electron chi connectivity index (χ2n) is 11.7. The summed E-state index contributed by atoms with van der Waals surface area (Å²) in [6, 6.07) is 21.5. The van der Waals surface area contributed by atoms with Gasteiger partial charge in [0.2, 0.25) is 0 Å². The number of hydrogen-bond donors (Lipinski definition) is 1. The molecular weight excluding hydrogens is 665 g/mol. The molecule has 5 rings (SSSR count). The molecule has 0 saturated carbocycles. The molecule has 262 valence electrons. The Morgan fingerprint density at radius 1 is 0.961 bits per heavy atom. The van der Waals surface area contributed by atoms with Gasteiger partial charge in [0.05, 0.1) is 30.3 Å². The fourth-order valence-corrected chi connectivity index (χ4v) is 5.73. The molecule has 4 aromatic rings. The van der Waals surface area contributed by atoms with Crippen LogP contribution >= 0.6 is 0 Å². The second-order valence-corrected chi connectivity index (χ2v) is 11.7. The first-order valence-corrected chi connectivity index (χ1v) is 15.9. The average Bonchev–Trinajstić information content (AvgIpc) is 3.19. The molecule has 2 amide bonds. The number of alkyl halides is 3. The number of nitrogens with two attached hydrogens (primary N) is 1. The van der Waals surface area contributed by atoms with Crippen LogP contribution in [0.1, 0.15) is 65.8 Å². The summed E-state index contributed by atoms with van der Waals surface area (Å²) in [5.74, 6) is 1.23. The van der Waals surface area contributed by atoms with Gasteiger partial charge in [-0.3, -0.25) is 14.4 Å². The highest BCUT2D eigenvalue weighted by molar-refractivity contribution is 6.12. The van der Waals surface area contributed by atoms with Crippen LogP contribution in [0.5, 0.6) is 5.75 Å². The zero-order chi connectivity index (χ0) is 36.7. The molecule has 2 unspecified atom stereocenters. The van der Waals surface area contributed by atoms with Gasteiger partial charge in [0, 0.05) is 24.2 Å². The van der Waals surface area contributed by atoms with Crippen LogP contribution in [0.4, 0.5) is 24.7 Å². The van der Waals surface area contributed by atoms with Crippen LogP contribution < -0.4 is 15.4 Å². The van der Waals surface area contributed by atoms with Crippen molar-refractivity contribution in [3.05, 3.63) is 119 Å². The van der Waals surface area contributed by atoms with E-state index in [0.29, 0.717) is 28.9 Å². The molecule has 0 saturated heterocycles. The van der Waals surface area contributed by atoms with Crippen molar-refractivity contribution in [1.29, 1.82) is 0 Å². The molecule has 0 bridgehead atoms. The van der Waals surface area contributed by atoms with E-state index in [-0.39, 0.29) is 23.7 Å². The maximum Gasteiger partial charge on any atom is 0.491 e. The highest BCUT2D eigenvalue weighted by Gasteiger charge is 2.47. The number of carbonyl (C=O) groups excluding carboxylic acids is 4. The number of halogens is 3. The Balaban J connectivity index is 1.59. The lowest BCUT2D eigenvalue weighted by Gasteiger charge is -2.37. The Labute approximate surface area is 292 Å². The summed E-state index contributed by atoms with van der Waals surface area (Å²) in [6.07, 6.45) is -4.45. The molecule has 0 radical (unpaired) electrons. The molecule has 0 aliphatic carbocycles. The van der Waals surface area contributed by atoms with Crippen LogP contribution in [0.25, 0.3) is 0 Å². The monoisotopic (exact) mass is 698 g/mol. The van der Waals surface area contributed by atoms with Gasteiger partial charge >= 0.3 is 18.1 Å². The van der Waals surface area contributed by atoms with Gasteiger partial charge in [-0.15, -0.1) is 0 Å². The van der Waals surface area contributed by atoms with Gasteiger partial charge < -0.3 is 25.0 Å². The van der Waals surface area contributed by atoms with Crippen molar-refractivity contribution < 1.29 is 41.8 Å². The van der Waals surface area contributed by atoms with Crippen LogP contribution in [-0.4, -0.2) is 52.5 Å². The van der Waals surface area contributed by atoms with Crippen molar-refractivity contribution in [1.82, 2.24) is 9.88 Å². The van der Waals surface area contributed by atoms with Gasteiger partial charge in [-0.2, -0.15) is 13.2 Å². The number of nitrogens with zero attached hydrogens (tertiary/aromatic N) is 3. The third-order valence-electron chi connectivity index (χ3n) is 7.94. The molecule has 0 spiro atoms. The van der Waals surface area contributed by atoms with Crippen molar-refractivity contribution >= 4 is 35.3 Å². The Morgan fingerprint density at radius 2 is 1.65 bits per heavy atom. The molecule has 13 heteroatoms. The number of aromatic nitrogens is 1. The maximum absolute atomic E-state index is 14.9. The normalized spacial score (nSPS) is 15.0. The first-order valence-electron chi connectivity index (χ1n) is 15.9.